The molecule has 0 unspecified atom stereocenters. The van der Waals surface area contributed by atoms with Gasteiger partial charge in [0.2, 0.25) is 0 Å². The van der Waals surface area contributed by atoms with Crippen LogP contribution in [0.15, 0.2) is 73.1 Å². The lowest BCUT2D eigenvalue weighted by Crippen LogP contribution is -2.08. The van der Waals surface area contributed by atoms with E-state index in [0.29, 0.717) is 0 Å². The molecule has 0 fully saturated rings. The minimum absolute atomic E-state index is 0.988. The van der Waals surface area contributed by atoms with Crippen molar-refractivity contribution in [3.8, 4) is 11.1 Å². The van der Waals surface area contributed by atoms with Crippen molar-refractivity contribution in [2.24, 2.45) is 0 Å². The van der Waals surface area contributed by atoms with Gasteiger partial charge in [0.15, 0.2) is 0 Å². The molecule has 1 aromatic heterocycles. The Balaban J connectivity index is 1.89. The van der Waals surface area contributed by atoms with Gasteiger partial charge in [-0.25, -0.2) is 0 Å². The number of rotatable bonds is 4. The normalized spacial score (nSPS) is 10.3. The van der Waals surface area contributed by atoms with E-state index in [1.807, 2.05) is 18.3 Å². The second kappa shape index (κ2) is 6.31. The third kappa shape index (κ3) is 3.26. The molecule has 0 amide bonds. The Bertz CT molecular complexity index is 751. The lowest BCUT2D eigenvalue weighted by Gasteiger charge is -2.14. The molecule has 0 atom stereocenters. The third-order valence-corrected chi connectivity index (χ3v) is 3.51. The molecule has 0 aliphatic rings. The van der Waals surface area contributed by atoms with Crippen LogP contribution in [0.2, 0.25) is 0 Å². The molecular weight excluding hydrogens is 270 g/mol. The van der Waals surface area contributed by atoms with Crippen LogP contribution in [0.25, 0.3) is 11.1 Å². The lowest BCUT2D eigenvalue weighted by atomic mass is 10.0. The molecule has 0 aliphatic carbocycles. The summed E-state index contributed by atoms with van der Waals surface area (Å²) in [6, 6.07) is 20.9. The van der Waals surface area contributed by atoms with Gasteiger partial charge in [0, 0.05) is 31.7 Å². The number of anilines is 3. The molecule has 0 bridgehead atoms. The van der Waals surface area contributed by atoms with Crippen LogP contribution in [0.5, 0.6) is 0 Å². The summed E-state index contributed by atoms with van der Waals surface area (Å²) in [6.07, 6.45) is 3.59. The maximum absolute atomic E-state index is 4.12. The molecule has 0 spiro atoms. The van der Waals surface area contributed by atoms with Crippen LogP contribution in [0.3, 0.4) is 0 Å². The zero-order chi connectivity index (χ0) is 15.4. The van der Waals surface area contributed by atoms with Gasteiger partial charge in [-0.15, -0.1) is 0 Å². The van der Waals surface area contributed by atoms with Gasteiger partial charge < -0.3 is 10.2 Å². The van der Waals surface area contributed by atoms with Crippen molar-refractivity contribution in [1.29, 1.82) is 0 Å². The molecule has 22 heavy (non-hydrogen) atoms. The van der Waals surface area contributed by atoms with E-state index in [1.165, 1.54) is 16.8 Å². The highest BCUT2D eigenvalue weighted by atomic mass is 15.1. The summed E-state index contributed by atoms with van der Waals surface area (Å²) in [7, 11) is 4.11. The zero-order valence-electron chi connectivity index (χ0n) is 12.8. The first kappa shape index (κ1) is 14.1. The number of aromatic nitrogens is 1. The summed E-state index contributed by atoms with van der Waals surface area (Å²) >= 11 is 0. The third-order valence-electron chi connectivity index (χ3n) is 3.51. The smallest absolute Gasteiger partial charge is 0.0570 e. The van der Waals surface area contributed by atoms with Gasteiger partial charge in [-0.1, -0.05) is 24.3 Å². The van der Waals surface area contributed by atoms with Gasteiger partial charge in [-0.3, -0.25) is 4.98 Å². The Labute approximate surface area is 131 Å². The Kier molecular flexibility index (Phi) is 4.05. The van der Waals surface area contributed by atoms with Crippen LogP contribution < -0.4 is 10.2 Å². The minimum Gasteiger partial charge on any atom is -0.378 e. The van der Waals surface area contributed by atoms with Crippen LogP contribution in [0.1, 0.15) is 0 Å². The highest BCUT2D eigenvalue weighted by Gasteiger charge is 2.02. The van der Waals surface area contributed by atoms with Crippen molar-refractivity contribution < 1.29 is 0 Å². The summed E-state index contributed by atoms with van der Waals surface area (Å²) in [4.78, 5) is 6.24. The number of pyridine rings is 1. The molecule has 3 heteroatoms. The van der Waals surface area contributed by atoms with E-state index < -0.39 is 0 Å². The zero-order valence-corrected chi connectivity index (χ0v) is 12.8. The summed E-state index contributed by atoms with van der Waals surface area (Å²) in [5, 5.41) is 3.38. The van der Waals surface area contributed by atoms with E-state index in [1.54, 1.807) is 6.20 Å². The second-order valence-electron chi connectivity index (χ2n) is 5.39. The van der Waals surface area contributed by atoms with E-state index >= 15 is 0 Å². The first-order valence-corrected chi connectivity index (χ1v) is 7.27. The van der Waals surface area contributed by atoms with Gasteiger partial charge in [-0.2, -0.15) is 0 Å². The molecule has 3 aromatic rings. The first-order valence-electron chi connectivity index (χ1n) is 7.27. The molecule has 0 aliphatic heterocycles. The van der Waals surface area contributed by atoms with E-state index in [2.05, 4.69) is 77.8 Å². The largest absolute Gasteiger partial charge is 0.378 e. The summed E-state index contributed by atoms with van der Waals surface area (Å²) in [6.45, 7) is 0. The van der Waals surface area contributed by atoms with E-state index in [9.17, 15) is 0 Å². The van der Waals surface area contributed by atoms with Crippen LogP contribution in [0.4, 0.5) is 17.1 Å². The Morgan fingerprint density at radius 2 is 1.55 bits per heavy atom. The van der Waals surface area contributed by atoms with E-state index in [4.69, 9.17) is 0 Å². The fourth-order valence-electron chi connectivity index (χ4n) is 2.34. The molecule has 2 aromatic carbocycles. The van der Waals surface area contributed by atoms with Crippen molar-refractivity contribution in [2.45, 2.75) is 0 Å². The molecule has 1 heterocycles. The highest BCUT2D eigenvalue weighted by Crippen LogP contribution is 2.27. The quantitative estimate of drug-likeness (QED) is 0.763. The standard InChI is InChI=1S/C19H19N3/c1-22(2)19-10-4-7-16(13-19)15-6-3-8-17(12-15)21-18-9-5-11-20-14-18/h3-14,21H,1-2H3. The van der Waals surface area contributed by atoms with Crippen LogP contribution in [-0.4, -0.2) is 19.1 Å². The van der Waals surface area contributed by atoms with Crippen LogP contribution in [0, 0.1) is 0 Å². The first-order chi connectivity index (χ1) is 10.7. The molecular formula is C19H19N3. The van der Waals surface area contributed by atoms with Gasteiger partial charge in [0.25, 0.3) is 0 Å². The van der Waals surface area contributed by atoms with E-state index in [0.717, 1.165) is 11.4 Å². The number of hydrogen-bond donors (Lipinski definition) is 1. The average molecular weight is 289 g/mol. The van der Waals surface area contributed by atoms with Crippen molar-refractivity contribution in [3.05, 3.63) is 73.1 Å². The molecule has 0 saturated carbocycles. The fraction of sp³-hybridized carbons (Fsp3) is 0.105. The number of benzene rings is 2. The molecule has 110 valence electrons. The molecule has 0 radical (unpaired) electrons. The summed E-state index contributed by atoms with van der Waals surface area (Å²) in [5.74, 6) is 0. The monoisotopic (exact) mass is 289 g/mol. The van der Waals surface area contributed by atoms with Crippen molar-refractivity contribution in [1.82, 2.24) is 4.98 Å². The topological polar surface area (TPSA) is 28.2 Å². The molecule has 1 N–H and O–H groups in total. The lowest BCUT2D eigenvalue weighted by molar-refractivity contribution is 1.13. The summed E-state index contributed by atoms with van der Waals surface area (Å²) in [5.41, 5.74) is 5.64. The minimum atomic E-state index is 0.988. The van der Waals surface area contributed by atoms with Crippen LogP contribution >= 0.6 is 0 Å². The maximum atomic E-state index is 4.12. The fourth-order valence-corrected chi connectivity index (χ4v) is 2.34. The van der Waals surface area contributed by atoms with Gasteiger partial charge in [0.05, 0.1) is 11.9 Å². The van der Waals surface area contributed by atoms with Gasteiger partial charge >= 0.3 is 0 Å². The predicted molar refractivity (Wildman–Crippen MR) is 93.7 cm³/mol. The molecule has 3 nitrogen and oxygen atoms in total. The molecule has 0 saturated heterocycles. The predicted octanol–water partition coefficient (Wildman–Crippen LogP) is 4.56. The van der Waals surface area contributed by atoms with Crippen molar-refractivity contribution in [3.63, 3.8) is 0 Å². The van der Waals surface area contributed by atoms with Crippen molar-refractivity contribution in [2.75, 3.05) is 24.3 Å². The average Bonchev–Trinajstić information content (AvgIpc) is 2.56. The van der Waals surface area contributed by atoms with E-state index in [-0.39, 0.29) is 0 Å². The Hall–Kier alpha value is -2.81. The number of nitrogens with one attached hydrogen (secondary N) is 1. The Morgan fingerprint density at radius 1 is 0.818 bits per heavy atom. The van der Waals surface area contributed by atoms with Crippen LogP contribution in [-0.2, 0) is 0 Å². The maximum Gasteiger partial charge on any atom is 0.0570 e. The highest BCUT2D eigenvalue weighted by molar-refractivity contribution is 5.73. The van der Waals surface area contributed by atoms with Crippen molar-refractivity contribution >= 4 is 17.1 Å². The Morgan fingerprint density at radius 3 is 2.27 bits per heavy atom. The number of nitrogens with zero attached hydrogens (tertiary/aromatic N) is 2. The van der Waals surface area contributed by atoms with Gasteiger partial charge in [-0.05, 0) is 47.5 Å². The second-order valence-corrected chi connectivity index (χ2v) is 5.39. The SMILES string of the molecule is CN(C)c1cccc(-c2cccc(Nc3cccnc3)c2)c1. The van der Waals surface area contributed by atoms with Gasteiger partial charge in [0.1, 0.15) is 0 Å². The molecule has 3 rings (SSSR count). The summed E-state index contributed by atoms with van der Waals surface area (Å²) < 4.78 is 0. The number of hydrogen-bond acceptors (Lipinski definition) is 3.